The molecule has 0 aliphatic heterocycles. The summed E-state index contributed by atoms with van der Waals surface area (Å²) in [6.45, 7) is 1.94. The molecule has 1 aromatic carbocycles. The average molecular weight is 251 g/mol. The van der Waals surface area contributed by atoms with Gasteiger partial charge in [0, 0.05) is 5.56 Å². The molecule has 2 aromatic rings. The zero-order chi connectivity index (χ0) is 12.3. The SMILES string of the molecule is COc1ccc(O)c(C(C)Nc2nncs2)c1. The van der Waals surface area contributed by atoms with Gasteiger partial charge in [-0.15, -0.1) is 10.2 Å². The number of phenols is 1. The number of nitrogens with one attached hydrogen (secondary N) is 1. The van der Waals surface area contributed by atoms with Crippen LogP contribution in [0, 0.1) is 0 Å². The van der Waals surface area contributed by atoms with Gasteiger partial charge in [0.2, 0.25) is 5.13 Å². The molecule has 0 saturated heterocycles. The molecule has 0 bridgehead atoms. The van der Waals surface area contributed by atoms with Gasteiger partial charge in [-0.2, -0.15) is 0 Å². The highest BCUT2D eigenvalue weighted by molar-refractivity contribution is 7.13. The first kappa shape index (κ1) is 11.7. The van der Waals surface area contributed by atoms with Gasteiger partial charge in [0.15, 0.2) is 0 Å². The fraction of sp³-hybridized carbons (Fsp3) is 0.273. The highest BCUT2D eigenvalue weighted by Crippen LogP contribution is 2.30. The van der Waals surface area contributed by atoms with Gasteiger partial charge in [0.1, 0.15) is 17.0 Å². The summed E-state index contributed by atoms with van der Waals surface area (Å²) < 4.78 is 5.13. The Labute approximate surface area is 103 Å². The second kappa shape index (κ2) is 5.01. The Morgan fingerprint density at radius 3 is 2.94 bits per heavy atom. The third kappa shape index (κ3) is 2.65. The number of aromatic hydroxyl groups is 1. The lowest BCUT2D eigenvalue weighted by Crippen LogP contribution is -2.06. The number of phenolic OH excluding ortho intramolecular Hbond substituents is 1. The van der Waals surface area contributed by atoms with E-state index in [1.165, 1.54) is 11.3 Å². The van der Waals surface area contributed by atoms with Crippen molar-refractivity contribution in [3.05, 3.63) is 29.3 Å². The van der Waals surface area contributed by atoms with Crippen LogP contribution < -0.4 is 10.1 Å². The molecule has 90 valence electrons. The Hall–Kier alpha value is -1.82. The Balaban J connectivity index is 2.20. The van der Waals surface area contributed by atoms with Crippen LogP contribution in [-0.4, -0.2) is 22.4 Å². The molecule has 0 spiro atoms. The number of benzene rings is 1. The van der Waals surface area contributed by atoms with Gasteiger partial charge in [-0.25, -0.2) is 0 Å². The normalized spacial score (nSPS) is 12.1. The fourth-order valence-electron chi connectivity index (χ4n) is 1.51. The average Bonchev–Trinajstić information content (AvgIpc) is 2.82. The third-order valence-corrected chi connectivity index (χ3v) is 3.02. The smallest absolute Gasteiger partial charge is 0.205 e. The maximum absolute atomic E-state index is 9.80. The predicted molar refractivity (Wildman–Crippen MR) is 66.6 cm³/mol. The van der Waals surface area contributed by atoms with E-state index in [0.717, 1.165) is 10.7 Å². The maximum Gasteiger partial charge on any atom is 0.205 e. The first-order valence-electron chi connectivity index (χ1n) is 5.10. The molecule has 1 heterocycles. The number of hydrogen-bond donors (Lipinski definition) is 2. The molecule has 1 atom stereocenters. The van der Waals surface area contributed by atoms with Crippen molar-refractivity contribution in [3.63, 3.8) is 0 Å². The lowest BCUT2D eigenvalue weighted by molar-refractivity contribution is 0.410. The van der Waals surface area contributed by atoms with Gasteiger partial charge in [-0.1, -0.05) is 11.3 Å². The highest BCUT2D eigenvalue weighted by Gasteiger charge is 2.12. The number of rotatable bonds is 4. The van der Waals surface area contributed by atoms with Crippen molar-refractivity contribution in [2.24, 2.45) is 0 Å². The maximum atomic E-state index is 9.80. The quantitative estimate of drug-likeness (QED) is 0.873. The summed E-state index contributed by atoms with van der Waals surface area (Å²) in [5, 5.41) is 21.3. The predicted octanol–water partition coefficient (Wildman–Crippen LogP) is 2.43. The van der Waals surface area contributed by atoms with Gasteiger partial charge >= 0.3 is 0 Å². The number of nitrogens with zero attached hydrogens (tertiary/aromatic N) is 2. The van der Waals surface area contributed by atoms with E-state index in [1.54, 1.807) is 30.8 Å². The minimum absolute atomic E-state index is 0.0713. The fourth-order valence-corrected chi connectivity index (χ4v) is 2.04. The molecule has 2 N–H and O–H groups in total. The van der Waals surface area contributed by atoms with Crippen LogP contribution in [0.2, 0.25) is 0 Å². The molecular weight excluding hydrogens is 238 g/mol. The standard InChI is InChI=1S/C11H13N3O2S/c1-7(13-11-14-12-6-17-11)9-5-8(16-2)3-4-10(9)15/h3-7,15H,1-2H3,(H,13,14). The van der Waals surface area contributed by atoms with Gasteiger partial charge < -0.3 is 15.2 Å². The lowest BCUT2D eigenvalue weighted by Gasteiger charge is -2.15. The minimum Gasteiger partial charge on any atom is -0.508 e. The van der Waals surface area contributed by atoms with Crippen LogP contribution in [0.4, 0.5) is 5.13 Å². The first-order chi connectivity index (χ1) is 8.20. The zero-order valence-corrected chi connectivity index (χ0v) is 10.4. The molecule has 0 fully saturated rings. The number of methoxy groups -OCH3 is 1. The molecule has 17 heavy (non-hydrogen) atoms. The van der Waals surface area contributed by atoms with Crippen molar-refractivity contribution >= 4 is 16.5 Å². The number of ether oxygens (including phenoxy) is 1. The minimum atomic E-state index is -0.0713. The van der Waals surface area contributed by atoms with Crippen molar-refractivity contribution in [1.82, 2.24) is 10.2 Å². The monoisotopic (exact) mass is 251 g/mol. The summed E-state index contributed by atoms with van der Waals surface area (Å²) in [5.74, 6) is 0.944. The van der Waals surface area contributed by atoms with E-state index in [9.17, 15) is 5.11 Å². The summed E-state index contributed by atoms with van der Waals surface area (Å²) in [4.78, 5) is 0. The van der Waals surface area contributed by atoms with E-state index in [2.05, 4.69) is 15.5 Å². The third-order valence-electron chi connectivity index (χ3n) is 2.40. The van der Waals surface area contributed by atoms with Gasteiger partial charge in [0.25, 0.3) is 0 Å². The largest absolute Gasteiger partial charge is 0.508 e. The molecule has 1 aromatic heterocycles. The second-order valence-corrected chi connectivity index (χ2v) is 4.37. The summed E-state index contributed by atoms with van der Waals surface area (Å²) in [5.41, 5.74) is 2.42. The van der Waals surface area contributed by atoms with Crippen molar-refractivity contribution in [2.75, 3.05) is 12.4 Å². The molecule has 6 heteroatoms. The van der Waals surface area contributed by atoms with E-state index >= 15 is 0 Å². The molecule has 0 aliphatic rings. The molecular formula is C11H13N3O2S. The lowest BCUT2D eigenvalue weighted by atomic mass is 10.1. The Bertz CT molecular complexity index is 487. The number of anilines is 1. The topological polar surface area (TPSA) is 67.3 Å². The van der Waals surface area contributed by atoms with Crippen LogP contribution in [-0.2, 0) is 0 Å². The number of hydrogen-bond acceptors (Lipinski definition) is 6. The summed E-state index contributed by atoms with van der Waals surface area (Å²) in [6.07, 6.45) is 0. The Kier molecular flexibility index (Phi) is 3.43. The molecule has 0 aliphatic carbocycles. The van der Waals surface area contributed by atoms with E-state index in [1.807, 2.05) is 6.92 Å². The van der Waals surface area contributed by atoms with E-state index < -0.39 is 0 Å². The van der Waals surface area contributed by atoms with Crippen molar-refractivity contribution < 1.29 is 9.84 Å². The summed E-state index contributed by atoms with van der Waals surface area (Å²) in [6, 6.07) is 5.06. The molecule has 0 amide bonds. The van der Waals surface area contributed by atoms with Crippen molar-refractivity contribution in [2.45, 2.75) is 13.0 Å². The zero-order valence-electron chi connectivity index (χ0n) is 9.54. The molecule has 0 saturated carbocycles. The molecule has 0 radical (unpaired) electrons. The van der Waals surface area contributed by atoms with E-state index in [-0.39, 0.29) is 11.8 Å². The van der Waals surface area contributed by atoms with Gasteiger partial charge in [0.05, 0.1) is 13.2 Å². The summed E-state index contributed by atoms with van der Waals surface area (Å²) in [7, 11) is 1.60. The van der Waals surface area contributed by atoms with Crippen molar-refractivity contribution in [1.29, 1.82) is 0 Å². The summed E-state index contributed by atoms with van der Waals surface area (Å²) >= 11 is 1.42. The Morgan fingerprint density at radius 2 is 2.29 bits per heavy atom. The van der Waals surface area contributed by atoms with E-state index in [4.69, 9.17) is 4.74 Å². The molecule has 2 rings (SSSR count). The number of aromatic nitrogens is 2. The van der Waals surface area contributed by atoms with Crippen molar-refractivity contribution in [3.8, 4) is 11.5 Å². The van der Waals surface area contributed by atoms with E-state index in [0.29, 0.717) is 5.75 Å². The second-order valence-electron chi connectivity index (χ2n) is 3.53. The van der Waals surface area contributed by atoms with Crippen LogP contribution in [0.25, 0.3) is 0 Å². The van der Waals surface area contributed by atoms with Crippen LogP contribution in [0.15, 0.2) is 23.7 Å². The van der Waals surface area contributed by atoms with Crippen LogP contribution in [0.3, 0.4) is 0 Å². The van der Waals surface area contributed by atoms with Crippen LogP contribution >= 0.6 is 11.3 Å². The molecule has 5 nitrogen and oxygen atoms in total. The van der Waals surface area contributed by atoms with Gasteiger partial charge in [-0.05, 0) is 25.1 Å². The first-order valence-corrected chi connectivity index (χ1v) is 5.98. The van der Waals surface area contributed by atoms with Crippen LogP contribution in [0.5, 0.6) is 11.5 Å². The van der Waals surface area contributed by atoms with Gasteiger partial charge in [-0.3, -0.25) is 0 Å². The highest BCUT2D eigenvalue weighted by atomic mass is 32.1. The van der Waals surface area contributed by atoms with Crippen LogP contribution in [0.1, 0.15) is 18.5 Å². The molecule has 1 unspecified atom stereocenters. The Morgan fingerprint density at radius 1 is 1.47 bits per heavy atom.